The van der Waals surface area contributed by atoms with Crippen molar-refractivity contribution in [3.63, 3.8) is 0 Å². The molecule has 0 saturated carbocycles. The summed E-state index contributed by atoms with van der Waals surface area (Å²) in [6.07, 6.45) is 4.74. The Balaban J connectivity index is 1.51. The van der Waals surface area contributed by atoms with E-state index in [0.717, 1.165) is 16.7 Å². The monoisotopic (exact) mass is 765 g/mol. The average Bonchev–Trinajstić information content (AvgIpc) is 3.82. The van der Waals surface area contributed by atoms with Crippen LogP contribution in [0.5, 0.6) is 5.75 Å². The summed E-state index contributed by atoms with van der Waals surface area (Å²) in [5.74, 6) is -0.575. The van der Waals surface area contributed by atoms with E-state index in [1.807, 2.05) is 19.9 Å². The standard InChI is InChI=1S/C39H48ClN5O9/c1-9-25(41)17-27-22(3)14-26(20-42-27)43-36(47)53-32-18-33(46)45(6)28-15-24(16-29(50-7)34(28)40)13-21(2)11-10-12-31(51-8)39(49)19-30(52-37(48)44-39)23(4)35-38(32,5)54-35/h9-12,14-17,20,23,30-32,35,49H,1,13,18-19,41H2,2-8H3,(H,43,47)(H,44,48)/b12-10+,21-11+,25-17+/t23-,30+,31-,32+,35+,38+,39+/m1/s1. The summed E-state index contributed by atoms with van der Waals surface area (Å²) in [6, 6.07) is 5.30. The smallest absolute Gasteiger partial charge is 0.412 e. The highest BCUT2D eigenvalue weighted by Crippen LogP contribution is 2.49. The van der Waals surface area contributed by atoms with E-state index in [4.69, 9.17) is 41.0 Å². The second-order valence-electron chi connectivity index (χ2n) is 14.1. The van der Waals surface area contributed by atoms with Gasteiger partial charge in [0.25, 0.3) is 0 Å². The average molecular weight is 766 g/mol. The third-order valence-electron chi connectivity index (χ3n) is 10.1. The number of hydrogen-bond donors (Lipinski definition) is 4. The molecule has 5 N–H and O–H groups in total. The molecule has 2 fully saturated rings. The van der Waals surface area contributed by atoms with Gasteiger partial charge in [0, 0.05) is 32.2 Å². The van der Waals surface area contributed by atoms with Crippen LogP contribution in [0.4, 0.5) is 21.0 Å². The summed E-state index contributed by atoms with van der Waals surface area (Å²) >= 11 is 6.76. The molecule has 0 unspecified atom stereocenters. The Hall–Kier alpha value is -4.89. The summed E-state index contributed by atoms with van der Waals surface area (Å²) in [7, 11) is 4.51. The highest BCUT2D eigenvalue weighted by Gasteiger charge is 2.64. The number of amides is 3. The fraction of sp³-hybridized carbons (Fsp3) is 0.436. The van der Waals surface area contributed by atoms with Crippen LogP contribution in [0.2, 0.25) is 5.02 Å². The van der Waals surface area contributed by atoms with Gasteiger partial charge >= 0.3 is 12.2 Å². The first-order chi connectivity index (χ1) is 25.5. The molecule has 2 saturated heterocycles. The summed E-state index contributed by atoms with van der Waals surface area (Å²) in [6.45, 7) is 10.9. The Morgan fingerprint density at radius 3 is 2.67 bits per heavy atom. The predicted octanol–water partition coefficient (Wildman–Crippen LogP) is 5.56. The second-order valence-corrected chi connectivity index (χ2v) is 14.5. The molecule has 1 aromatic heterocycles. The molecule has 5 rings (SSSR count). The number of anilines is 2. The van der Waals surface area contributed by atoms with E-state index in [1.54, 1.807) is 57.3 Å². The van der Waals surface area contributed by atoms with Crippen LogP contribution in [0.3, 0.4) is 0 Å². The number of nitrogens with zero attached hydrogens (tertiary/aromatic N) is 2. The lowest BCUT2D eigenvalue weighted by Crippen LogP contribution is -2.63. The zero-order valence-corrected chi connectivity index (χ0v) is 32.2. The van der Waals surface area contributed by atoms with Gasteiger partial charge < -0.3 is 39.4 Å². The van der Waals surface area contributed by atoms with Gasteiger partial charge in [-0.15, -0.1) is 0 Å². The van der Waals surface area contributed by atoms with Gasteiger partial charge in [-0.3, -0.25) is 20.4 Å². The zero-order valence-electron chi connectivity index (χ0n) is 31.5. The molecule has 3 aliphatic rings. The molecule has 3 amide bonds. The molecule has 4 heterocycles. The van der Waals surface area contributed by atoms with E-state index in [-0.39, 0.29) is 17.9 Å². The summed E-state index contributed by atoms with van der Waals surface area (Å²) < 4.78 is 29.1. The number of hydrogen-bond acceptors (Lipinski definition) is 11. The molecular weight excluding hydrogens is 718 g/mol. The number of fused-ring (bicyclic) bond motifs is 5. The Morgan fingerprint density at radius 2 is 2.00 bits per heavy atom. The molecule has 7 atom stereocenters. The van der Waals surface area contributed by atoms with E-state index in [0.29, 0.717) is 34.9 Å². The number of methoxy groups -OCH3 is 2. The minimum Gasteiger partial charge on any atom is -0.495 e. The largest absolute Gasteiger partial charge is 0.495 e. The van der Waals surface area contributed by atoms with Crippen LogP contribution in [0.1, 0.15) is 50.4 Å². The summed E-state index contributed by atoms with van der Waals surface area (Å²) in [5, 5.41) is 17.2. The first-order valence-corrected chi connectivity index (χ1v) is 17.8. The molecule has 290 valence electrons. The molecule has 0 spiro atoms. The molecule has 0 aliphatic carbocycles. The third-order valence-corrected chi connectivity index (χ3v) is 10.5. The molecule has 15 heteroatoms. The number of alkyl carbamates (subject to hydrolysis) is 1. The third kappa shape index (κ3) is 8.73. The predicted molar refractivity (Wildman–Crippen MR) is 204 cm³/mol. The number of allylic oxidation sites excluding steroid dienone is 4. The first-order valence-electron chi connectivity index (χ1n) is 17.4. The topological polar surface area (TPSA) is 187 Å². The maximum absolute atomic E-state index is 14.1. The van der Waals surface area contributed by atoms with Crippen molar-refractivity contribution in [3.05, 3.63) is 88.4 Å². The maximum atomic E-state index is 14.1. The number of halogens is 1. The van der Waals surface area contributed by atoms with E-state index >= 15 is 0 Å². The summed E-state index contributed by atoms with van der Waals surface area (Å²) in [4.78, 5) is 46.3. The van der Waals surface area contributed by atoms with Crippen molar-refractivity contribution >= 4 is 47.1 Å². The van der Waals surface area contributed by atoms with E-state index in [1.165, 1.54) is 31.4 Å². The van der Waals surface area contributed by atoms with Crippen LogP contribution in [0.25, 0.3) is 6.08 Å². The van der Waals surface area contributed by atoms with E-state index in [9.17, 15) is 19.5 Å². The number of epoxide rings is 1. The summed E-state index contributed by atoms with van der Waals surface area (Å²) in [5.41, 5.74) is 7.09. The lowest BCUT2D eigenvalue weighted by Gasteiger charge is -2.42. The molecule has 4 bridgehead atoms. The van der Waals surface area contributed by atoms with Crippen molar-refractivity contribution in [2.75, 3.05) is 31.5 Å². The SMILES string of the molecule is C=C/C(N)=C\c1ncc(NC(=O)O[C@H]2CC(=O)N(C)c3cc(cc(OC)c3Cl)C/C(C)=C/C=C/[C@@H](OC)[C@@]3(O)C[C@H](OC(=O)N3)[C@@H](C)[C@@H]3O[C@@]23C)cc1C. The molecule has 1 aromatic carbocycles. The lowest BCUT2D eigenvalue weighted by atomic mass is 9.83. The number of aryl methyl sites for hydroxylation is 1. The van der Waals surface area contributed by atoms with Crippen molar-refractivity contribution < 1.29 is 43.2 Å². The van der Waals surface area contributed by atoms with Gasteiger partial charge in [0.2, 0.25) is 5.91 Å². The number of rotatable bonds is 6. The van der Waals surface area contributed by atoms with Gasteiger partial charge in [0.1, 0.15) is 34.7 Å². The van der Waals surface area contributed by atoms with Crippen molar-refractivity contribution in [1.82, 2.24) is 10.3 Å². The zero-order chi connectivity index (χ0) is 39.5. The number of aliphatic hydroxyl groups is 1. The van der Waals surface area contributed by atoms with Crippen molar-refractivity contribution in [2.45, 2.75) is 82.7 Å². The van der Waals surface area contributed by atoms with Crippen LogP contribution in [0.15, 0.2) is 66.5 Å². The number of aromatic nitrogens is 1. The molecule has 2 aromatic rings. The van der Waals surface area contributed by atoms with Gasteiger partial charge in [-0.1, -0.05) is 48.9 Å². The number of pyridine rings is 1. The van der Waals surface area contributed by atoms with Crippen molar-refractivity contribution in [1.29, 1.82) is 0 Å². The van der Waals surface area contributed by atoms with E-state index < -0.39 is 59.8 Å². The quantitative estimate of drug-likeness (QED) is 0.213. The minimum atomic E-state index is -1.82. The van der Waals surface area contributed by atoms with Crippen LogP contribution in [-0.4, -0.2) is 85.2 Å². The number of nitrogens with one attached hydrogen (secondary N) is 2. The van der Waals surface area contributed by atoms with Crippen molar-refractivity contribution in [3.8, 4) is 5.75 Å². The molecule has 14 nitrogen and oxygen atoms in total. The highest BCUT2D eigenvalue weighted by atomic mass is 35.5. The first kappa shape index (κ1) is 40.3. The fourth-order valence-corrected chi connectivity index (χ4v) is 7.22. The molecule has 3 aliphatic heterocycles. The Morgan fingerprint density at radius 1 is 1.26 bits per heavy atom. The van der Waals surface area contributed by atoms with Crippen LogP contribution in [-0.2, 0) is 30.2 Å². The van der Waals surface area contributed by atoms with Crippen LogP contribution in [0, 0.1) is 12.8 Å². The fourth-order valence-electron chi connectivity index (χ4n) is 6.90. The number of benzene rings is 1. The highest BCUT2D eigenvalue weighted by molar-refractivity contribution is 6.35. The van der Waals surface area contributed by atoms with E-state index in [2.05, 4.69) is 22.2 Å². The van der Waals surface area contributed by atoms with Crippen LogP contribution >= 0.6 is 11.6 Å². The minimum absolute atomic E-state index is 0.0464. The van der Waals surface area contributed by atoms with Crippen molar-refractivity contribution in [2.24, 2.45) is 11.7 Å². The lowest BCUT2D eigenvalue weighted by molar-refractivity contribution is -0.142. The Kier molecular flexibility index (Phi) is 12.1. The number of ether oxygens (including phenoxy) is 5. The second kappa shape index (κ2) is 16.2. The maximum Gasteiger partial charge on any atom is 0.412 e. The van der Waals surface area contributed by atoms with Gasteiger partial charge in [0.05, 0.1) is 42.9 Å². The van der Waals surface area contributed by atoms with Gasteiger partial charge in [0.15, 0.2) is 5.72 Å². The molecule has 54 heavy (non-hydrogen) atoms. The Labute approximate surface area is 319 Å². The normalized spacial score (nSPS) is 30.5. The molecule has 0 radical (unpaired) electrons. The number of carbonyl (C=O) groups excluding carboxylic acids is 3. The number of nitrogens with two attached hydrogens (primary N) is 1. The van der Waals surface area contributed by atoms with Crippen LogP contribution < -0.4 is 26.0 Å². The molecular formula is C39H48ClN5O9. The van der Waals surface area contributed by atoms with Gasteiger partial charge in [-0.25, -0.2) is 9.59 Å². The Bertz CT molecular complexity index is 1900. The van der Waals surface area contributed by atoms with Gasteiger partial charge in [-0.2, -0.15) is 0 Å². The number of carbonyl (C=O) groups is 3. The van der Waals surface area contributed by atoms with Gasteiger partial charge in [-0.05, 0) is 68.7 Å².